The molecule has 1 aliphatic rings. The van der Waals surface area contributed by atoms with Crippen LogP contribution in [0.3, 0.4) is 0 Å². The lowest BCUT2D eigenvalue weighted by Gasteiger charge is -2.26. The number of nitrogens with zero attached hydrogens (tertiary/aromatic N) is 4. The van der Waals surface area contributed by atoms with Gasteiger partial charge in [-0.25, -0.2) is 18.4 Å². The van der Waals surface area contributed by atoms with Crippen LogP contribution in [0.25, 0.3) is 0 Å². The maximum atomic E-state index is 13.2. The van der Waals surface area contributed by atoms with Gasteiger partial charge in [-0.2, -0.15) is 4.91 Å². The van der Waals surface area contributed by atoms with Crippen molar-refractivity contribution in [3.05, 3.63) is 45.7 Å². The van der Waals surface area contributed by atoms with Gasteiger partial charge < -0.3 is 0 Å². The molecule has 31 heavy (non-hydrogen) atoms. The third-order valence-corrected chi connectivity index (χ3v) is 7.17. The second kappa shape index (κ2) is 10.0. The summed E-state index contributed by atoms with van der Waals surface area (Å²) in [5.41, 5.74) is 0.382. The molecule has 1 aliphatic carbocycles. The van der Waals surface area contributed by atoms with E-state index in [9.17, 15) is 18.1 Å². The van der Waals surface area contributed by atoms with E-state index in [2.05, 4.69) is 15.1 Å². The van der Waals surface area contributed by atoms with Crippen LogP contribution in [0.15, 0.2) is 40.7 Å². The van der Waals surface area contributed by atoms with Gasteiger partial charge >= 0.3 is 0 Å². The predicted octanol–water partition coefficient (Wildman–Crippen LogP) is 4.96. The highest BCUT2D eigenvalue weighted by atomic mass is 35.5. The number of nitroso groups, excluding NO2 is 1. The molecular weight excluding hydrogens is 463 g/mol. The second-order valence-electron chi connectivity index (χ2n) is 7.63. The Balaban J connectivity index is 1.83. The van der Waals surface area contributed by atoms with Crippen molar-refractivity contribution in [2.75, 3.05) is 11.2 Å². The first kappa shape index (κ1) is 23.6. The molecule has 0 N–H and O–H groups in total. The van der Waals surface area contributed by atoms with Gasteiger partial charge in [-0.3, -0.25) is 9.69 Å². The van der Waals surface area contributed by atoms with Gasteiger partial charge in [-0.15, -0.1) is 0 Å². The molecule has 0 bridgehead atoms. The van der Waals surface area contributed by atoms with Gasteiger partial charge in [0.1, 0.15) is 5.15 Å². The fourth-order valence-electron chi connectivity index (χ4n) is 3.73. The van der Waals surface area contributed by atoms with Crippen molar-refractivity contribution < 1.29 is 13.2 Å². The number of carbonyl (C=O) groups is 1. The lowest BCUT2D eigenvalue weighted by atomic mass is 9.83. The van der Waals surface area contributed by atoms with Crippen LogP contribution >= 0.6 is 23.2 Å². The Labute approximate surface area is 190 Å². The summed E-state index contributed by atoms with van der Waals surface area (Å²) in [7, 11) is -3.51. The number of anilines is 2. The first-order chi connectivity index (χ1) is 14.7. The summed E-state index contributed by atoms with van der Waals surface area (Å²) < 4.78 is 23.7. The highest BCUT2D eigenvalue weighted by Crippen LogP contribution is 2.33. The number of halogens is 2. The quantitative estimate of drug-likeness (QED) is 0.513. The van der Waals surface area contributed by atoms with Crippen molar-refractivity contribution >= 4 is 50.5 Å². The van der Waals surface area contributed by atoms with Crippen molar-refractivity contribution in [1.29, 1.82) is 0 Å². The number of carbonyl (C=O) groups excluding carboxylic acids is 1. The summed E-state index contributed by atoms with van der Waals surface area (Å²) >= 11 is 12.0. The maximum absolute atomic E-state index is 13.2. The van der Waals surface area contributed by atoms with Crippen LogP contribution < -0.4 is 4.90 Å². The first-order valence-corrected chi connectivity index (χ1v) is 12.5. The van der Waals surface area contributed by atoms with E-state index in [-0.39, 0.29) is 39.3 Å². The summed E-state index contributed by atoms with van der Waals surface area (Å²) in [6.45, 7) is 0. The molecule has 0 atom stereocenters. The Morgan fingerprint density at radius 1 is 1.16 bits per heavy atom. The number of hydrogen-bond donors (Lipinski definition) is 0. The Hall–Kier alpha value is -2.10. The van der Waals surface area contributed by atoms with Crippen molar-refractivity contribution in [1.82, 2.24) is 9.97 Å². The van der Waals surface area contributed by atoms with Crippen LogP contribution in [-0.2, 0) is 14.6 Å². The fraction of sp³-hybridized carbons (Fsp3) is 0.450. The Kier molecular flexibility index (Phi) is 7.61. The van der Waals surface area contributed by atoms with Crippen LogP contribution in [-0.4, -0.2) is 36.6 Å². The van der Waals surface area contributed by atoms with E-state index < -0.39 is 9.84 Å². The summed E-state index contributed by atoms with van der Waals surface area (Å²) in [6, 6.07) is 4.18. The molecular formula is C20H22Cl2N4O4S. The predicted molar refractivity (Wildman–Crippen MR) is 120 cm³/mol. The van der Waals surface area contributed by atoms with Crippen LogP contribution in [0.1, 0.15) is 38.5 Å². The van der Waals surface area contributed by atoms with Gasteiger partial charge in [-0.05, 0) is 56.2 Å². The molecule has 2 aromatic rings. The minimum absolute atomic E-state index is 0.0133. The Bertz CT molecular complexity index is 1060. The molecule has 1 aromatic heterocycles. The average Bonchev–Trinajstić information content (AvgIpc) is 2.73. The van der Waals surface area contributed by atoms with Gasteiger partial charge in [0, 0.05) is 12.7 Å². The largest absolute Gasteiger partial charge is 0.274 e. The second-order valence-corrected chi connectivity index (χ2v) is 10.4. The molecule has 166 valence electrons. The monoisotopic (exact) mass is 484 g/mol. The summed E-state index contributed by atoms with van der Waals surface area (Å²) in [5.74, 6) is 0.373. The standard InChI is InChI=1S/C20H22Cl2N4O4S/c1-31(29,30)17-8-7-15(10-16(17)21)26(19-12-23-18(22)11-24-19)20(27)9-4-13-2-5-14(25-28)6-3-13/h7-8,10-14H,2-6,9H2,1H3. The topological polar surface area (TPSA) is 110 Å². The zero-order valence-electron chi connectivity index (χ0n) is 16.9. The van der Waals surface area contributed by atoms with Gasteiger partial charge in [0.15, 0.2) is 15.7 Å². The molecule has 0 saturated heterocycles. The van der Waals surface area contributed by atoms with Crippen molar-refractivity contribution in [2.24, 2.45) is 11.1 Å². The molecule has 1 fully saturated rings. The van der Waals surface area contributed by atoms with Crippen LogP contribution in [0.4, 0.5) is 11.5 Å². The summed E-state index contributed by atoms with van der Waals surface area (Å²) in [5, 5.41) is 3.31. The number of hydrogen-bond acceptors (Lipinski definition) is 7. The van der Waals surface area contributed by atoms with Crippen molar-refractivity contribution in [3.8, 4) is 0 Å². The minimum Gasteiger partial charge on any atom is -0.274 e. The molecule has 0 radical (unpaired) electrons. The van der Waals surface area contributed by atoms with Gasteiger partial charge in [-0.1, -0.05) is 28.4 Å². The Morgan fingerprint density at radius 3 is 2.42 bits per heavy atom. The molecule has 1 heterocycles. The van der Waals surface area contributed by atoms with Crippen LogP contribution in [0, 0.1) is 10.8 Å². The van der Waals surface area contributed by atoms with Crippen molar-refractivity contribution in [2.45, 2.75) is 49.5 Å². The molecule has 1 aromatic carbocycles. The number of benzene rings is 1. The van der Waals surface area contributed by atoms with E-state index in [1.165, 1.54) is 35.5 Å². The summed E-state index contributed by atoms with van der Waals surface area (Å²) in [6.07, 6.45) is 7.90. The van der Waals surface area contributed by atoms with Gasteiger partial charge in [0.25, 0.3) is 0 Å². The highest BCUT2D eigenvalue weighted by molar-refractivity contribution is 7.90. The number of rotatable bonds is 7. The zero-order valence-corrected chi connectivity index (χ0v) is 19.2. The van der Waals surface area contributed by atoms with E-state index in [0.29, 0.717) is 18.0 Å². The van der Waals surface area contributed by atoms with Gasteiger partial charge in [0.05, 0.1) is 34.0 Å². The minimum atomic E-state index is -3.51. The smallest absolute Gasteiger partial charge is 0.232 e. The average molecular weight is 485 g/mol. The number of aromatic nitrogens is 2. The maximum Gasteiger partial charge on any atom is 0.232 e. The van der Waals surface area contributed by atoms with E-state index >= 15 is 0 Å². The van der Waals surface area contributed by atoms with Gasteiger partial charge in [0.2, 0.25) is 5.91 Å². The Morgan fingerprint density at radius 2 is 1.87 bits per heavy atom. The molecule has 1 amide bonds. The first-order valence-electron chi connectivity index (χ1n) is 9.81. The molecule has 0 spiro atoms. The molecule has 0 aliphatic heterocycles. The number of amides is 1. The molecule has 8 nitrogen and oxygen atoms in total. The lowest BCUT2D eigenvalue weighted by molar-refractivity contribution is -0.118. The number of sulfone groups is 1. The lowest BCUT2D eigenvalue weighted by Crippen LogP contribution is -2.28. The van der Waals surface area contributed by atoms with Crippen LogP contribution in [0.2, 0.25) is 10.2 Å². The highest BCUT2D eigenvalue weighted by Gasteiger charge is 2.26. The van der Waals surface area contributed by atoms with E-state index in [4.69, 9.17) is 23.2 Å². The molecule has 11 heteroatoms. The third kappa shape index (κ3) is 5.99. The van der Waals surface area contributed by atoms with E-state index in [0.717, 1.165) is 31.9 Å². The van der Waals surface area contributed by atoms with Crippen LogP contribution in [0.5, 0.6) is 0 Å². The molecule has 1 saturated carbocycles. The van der Waals surface area contributed by atoms with Crippen molar-refractivity contribution in [3.63, 3.8) is 0 Å². The van der Waals surface area contributed by atoms with E-state index in [1.807, 2.05) is 0 Å². The fourth-order valence-corrected chi connectivity index (χ4v) is 5.15. The normalized spacial score (nSPS) is 19.1. The molecule has 0 unspecified atom stereocenters. The zero-order chi connectivity index (χ0) is 22.6. The SMILES string of the molecule is CS(=O)(=O)c1ccc(N(C(=O)CCC2CCC(N=O)CC2)c2cnc(Cl)cn2)cc1Cl. The molecule has 3 rings (SSSR count). The third-order valence-electron chi connectivity index (χ3n) is 5.39. The van der Waals surface area contributed by atoms with E-state index in [1.54, 1.807) is 0 Å². The summed E-state index contributed by atoms with van der Waals surface area (Å²) in [4.78, 5) is 33.4.